The summed E-state index contributed by atoms with van der Waals surface area (Å²) in [5, 5.41) is 19.7. The fourth-order valence-electron chi connectivity index (χ4n) is 1.29. The molecule has 1 aromatic carbocycles. The maximum Gasteiger partial charge on any atom is 0.334 e. The van der Waals surface area contributed by atoms with Gasteiger partial charge in [-0.1, -0.05) is 12.1 Å². The van der Waals surface area contributed by atoms with Gasteiger partial charge in [0.15, 0.2) is 6.10 Å². The van der Waals surface area contributed by atoms with Gasteiger partial charge in [-0.05, 0) is 17.7 Å². The molecule has 18 heavy (non-hydrogen) atoms. The van der Waals surface area contributed by atoms with E-state index in [0.29, 0.717) is 5.75 Å². The Balaban J connectivity index is 2.42. The number of aliphatic hydroxyl groups excluding tert-OH is 1. The van der Waals surface area contributed by atoms with Crippen LogP contribution in [0.3, 0.4) is 0 Å². The third-order valence-corrected chi connectivity index (χ3v) is 2.30. The molecule has 6 nitrogen and oxygen atoms in total. The number of aliphatic hydroxyl groups is 1. The Morgan fingerprint density at radius 1 is 1.33 bits per heavy atom. The fourth-order valence-corrected chi connectivity index (χ4v) is 1.29. The number of carboxylic acid groups (broad SMARTS) is 1. The van der Waals surface area contributed by atoms with Gasteiger partial charge >= 0.3 is 5.97 Å². The molecule has 1 amide bonds. The van der Waals surface area contributed by atoms with E-state index in [9.17, 15) is 9.59 Å². The van der Waals surface area contributed by atoms with Gasteiger partial charge in [-0.25, -0.2) is 4.79 Å². The summed E-state index contributed by atoms with van der Waals surface area (Å²) in [4.78, 5) is 21.8. The number of nitrogens with one attached hydrogen (secondary N) is 1. The molecular weight excluding hydrogens is 238 g/mol. The SMILES string of the molecule is COc1ccc(CC(=O)NCC(O)C(=O)O)cc1. The average Bonchev–Trinajstić information content (AvgIpc) is 2.36. The largest absolute Gasteiger partial charge is 0.497 e. The van der Waals surface area contributed by atoms with Crippen LogP contribution in [0.25, 0.3) is 0 Å². The lowest BCUT2D eigenvalue weighted by molar-refractivity contribution is -0.146. The first-order valence-electron chi connectivity index (χ1n) is 5.33. The minimum absolute atomic E-state index is 0.121. The predicted octanol–water partition coefficient (Wildman–Crippen LogP) is -0.201. The fraction of sp³-hybridized carbons (Fsp3) is 0.333. The highest BCUT2D eigenvalue weighted by atomic mass is 16.5. The van der Waals surface area contributed by atoms with Crippen molar-refractivity contribution in [3.63, 3.8) is 0 Å². The standard InChI is InChI=1S/C12H15NO5/c1-18-9-4-2-8(3-5-9)6-11(15)13-7-10(14)12(16)17/h2-5,10,14H,6-7H2,1H3,(H,13,15)(H,16,17). The molecule has 0 fully saturated rings. The lowest BCUT2D eigenvalue weighted by atomic mass is 10.1. The number of hydrogen-bond acceptors (Lipinski definition) is 4. The smallest absolute Gasteiger partial charge is 0.334 e. The Kier molecular flexibility index (Phi) is 5.13. The van der Waals surface area contributed by atoms with Crippen molar-refractivity contribution in [3.05, 3.63) is 29.8 Å². The van der Waals surface area contributed by atoms with Crippen molar-refractivity contribution in [1.29, 1.82) is 0 Å². The number of methoxy groups -OCH3 is 1. The molecule has 1 aromatic rings. The highest BCUT2D eigenvalue weighted by molar-refractivity contribution is 5.80. The lowest BCUT2D eigenvalue weighted by Crippen LogP contribution is -2.37. The number of rotatable bonds is 6. The van der Waals surface area contributed by atoms with Crippen molar-refractivity contribution < 1.29 is 24.5 Å². The predicted molar refractivity (Wildman–Crippen MR) is 63.4 cm³/mol. The monoisotopic (exact) mass is 253 g/mol. The van der Waals surface area contributed by atoms with Crippen LogP contribution in [0.15, 0.2) is 24.3 Å². The molecule has 0 saturated carbocycles. The number of carbonyl (C=O) groups excluding carboxylic acids is 1. The minimum atomic E-state index is -1.58. The molecule has 0 aliphatic rings. The zero-order valence-electron chi connectivity index (χ0n) is 9.92. The molecule has 0 aliphatic carbocycles. The number of amides is 1. The van der Waals surface area contributed by atoms with E-state index in [2.05, 4.69) is 5.32 Å². The van der Waals surface area contributed by atoms with Crippen LogP contribution in [0.5, 0.6) is 5.75 Å². The minimum Gasteiger partial charge on any atom is -0.497 e. The van der Waals surface area contributed by atoms with E-state index in [1.807, 2.05) is 0 Å². The molecule has 6 heteroatoms. The highest BCUT2D eigenvalue weighted by Crippen LogP contribution is 2.11. The summed E-state index contributed by atoms with van der Waals surface area (Å²) >= 11 is 0. The van der Waals surface area contributed by atoms with E-state index in [1.54, 1.807) is 31.4 Å². The quantitative estimate of drug-likeness (QED) is 0.652. The number of aliphatic carboxylic acids is 1. The Hall–Kier alpha value is -2.08. The van der Waals surface area contributed by atoms with Gasteiger partial charge in [0.05, 0.1) is 20.1 Å². The van der Waals surface area contributed by atoms with Crippen molar-refractivity contribution in [3.8, 4) is 5.75 Å². The number of carboxylic acids is 1. The Morgan fingerprint density at radius 3 is 2.44 bits per heavy atom. The zero-order chi connectivity index (χ0) is 13.5. The van der Waals surface area contributed by atoms with Crippen molar-refractivity contribution in [2.45, 2.75) is 12.5 Å². The van der Waals surface area contributed by atoms with Gasteiger partial charge in [0.1, 0.15) is 5.75 Å². The normalized spacial score (nSPS) is 11.7. The highest BCUT2D eigenvalue weighted by Gasteiger charge is 2.14. The third kappa shape index (κ3) is 4.42. The van der Waals surface area contributed by atoms with E-state index in [0.717, 1.165) is 5.56 Å². The molecule has 0 spiro atoms. The van der Waals surface area contributed by atoms with Gasteiger partial charge in [-0.2, -0.15) is 0 Å². The van der Waals surface area contributed by atoms with Crippen molar-refractivity contribution in [2.24, 2.45) is 0 Å². The molecule has 0 bridgehead atoms. The van der Waals surface area contributed by atoms with Crippen molar-refractivity contribution in [1.82, 2.24) is 5.32 Å². The van der Waals surface area contributed by atoms with Gasteiger partial charge in [-0.3, -0.25) is 4.79 Å². The molecule has 0 aliphatic heterocycles. The molecule has 1 unspecified atom stereocenters. The second-order valence-electron chi connectivity index (χ2n) is 3.68. The van der Waals surface area contributed by atoms with Gasteiger partial charge in [0.25, 0.3) is 0 Å². The van der Waals surface area contributed by atoms with E-state index >= 15 is 0 Å². The topological polar surface area (TPSA) is 95.9 Å². The number of hydrogen-bond donors (Lipinski definition) is 3. The number of benzene rings is 1. The molecular formula is C12H15NO5. The van der Waals surface area contributed by atoms with Crippen molar-refractivity contribution in [2.75, 3.05) is 13.7 Å². The van der Waals surface area contributed by atoms with E-state index < -0.39 is 12.1 Å². The first kappa shape index (κ1) is 14.0. The van der Waals surface area contributed by atoms with Gasteiger partial charge in [-0.15, -0.1) is 0 Å². The molecule has 0 heterocycles. The maximum atomic E-state index is 11.4. The molecule has 3 N–H and O–H groups in total. The Morgan fingerprint density at radius 2 is 1.94 bits per heavy atom. The summed E-state index contributed by atoms with van der Waals surface area (Å²) < 4.78 is 4.98. The average molecular weight is 253 g/mol. The molecule has 0 aromatic heterocycles. The van der Waals surface area contributed by atoms with Crippen LogP contribution in [0.4, 0.5) is 0 Å². The lowest BCUT2D eigenvalue weighted by Gasteiger charge is -2.08. The number of ether oxygens (including phenoxy) is 1. The first-order chi connectivity index (χ1) is 8.52. The summed E-state index contributed by atoms with van der Waals surface area (Å²) in [6, 6.07) is 6.95. The van der Waals surface area contributed by atoms with E-state index in [-0.39, 0.29) is 18.9 Å². The van der Waals surface area contributed by atoms with Crippen molar-refractivity contribution >= 4 is 11.9 Å². The molecule has 0 radical (unpaired) electrons. The maximum absolute atomic E-state index is 11.4. The Labute approximate surface area is 104 Å². The molecule has 98 valence electrons. The van der Waals surface area contributed by atoms with Crippen LogP contribution in [0.2, 0.25) is 0 Å². The molecule has 1 rings (SSSR count). The zero-order valence-corrected chi connectivity index (χ0v) is 9.92. The second kappa shape index (κ2) is 6.61. The first-order valence-corrected chi connectivity index (χ1v) is 5.33. The summed E-state index contributed by atoms with van der Waals surface area (Å²) in [5.41, 5.74) is 0.776. The third-order valence-electron chi connectivity index (χ3n) is 2.30. The second-order valence-corrected chi connectivity index (χ2v) is 3.68. The molecule has 0 saturated heterocycles. The van der Waals surface area contributed by atoms with E-state index in [4.69, 9.17) is 14.9 Å². The van der Waals surface area contributed by atoms with Gasteiger partial charge in [0, 0.05) is 0 Å². The summed E-state index contributed by atoms with van der Waals surface area (Å²) in [5.74, 6) is -1.01. The summed E-state index contributed by atoms with van der Waals surface area (Å²) in [6.07, 6.45) is -1.46. The summed E-state index contributed by atoms with van der Waals surface area (Å²) in [7, 11) is 1.55. The van der Waals surface area contributed by atoms with Crippen LogP contribution in [-0.4, -0.2) is 41.8 Å². The van der Waals surface area contributed by atoms with Gasteiger partial charge < -0.3 is 20.3 Å². The molecule has 1 atom stereocenters. The van der Waals surface area contributed by atoms with Gasteiger partial charge in [0.2, 0.25) is 5.91 Å². The van der Waals surface area contributed by atoms with Crippen LogP contribution in [0.1, 0.15) is 5.56 Å². The van der Waals surface area contributed by atoms with Crippen LogP contribution < -0.4 is 10.1 Å². The van der Waals surface area contributed by atoms with E-state index in [1.165, 1.54) is 0 Å². The summed E-state index contributed by atoms with van der Waals surface area (Å²) in [6.45, 7) is -0.301. The van der Waals surface area contributed by atoms with Crippen LogP contribution in [-0.2, 0) is 16.0 Å². The Bertz CT molecular complexity index is 415. The van der Waals surface area contributed by atoms with Crippen LogP contribution in [0, 0.1) is 0 Å². The van der Waals surface area contributed by atoms with Crippen LogP contribution >= 0.6 is 0 Å². The number of carbonyl (C=O) groups is 2.